The Morgan fingerprint density at radius 3 is 2.63 bits per heavy atom. The smallest absolute Gasteiger partial charge is 0.240 e. The number of hydrogen-bond donors (Lipinski definition) is 0. The van der Waals surface area contributed by atoms with Crippen LogP contribution in [0.15, 0.2) is 30.3 Å². The lowest BCUT2D eigenvalue weighted by atomic mass is 9.93. The number of carbonyl (C=O) groups is 1. The van der Waals surface area contributed by atoms with Crippen LogP contribution in [0.2, 0.25) is 0 Å². The van der Waals surface area contributed by atoms with Crippen molar-refractivity contribution in [3.63, 3.8) is 0 Å². The highest BCUT2D eigenvalue weighted by molar-refractivity contribution is 5.82. The lowest BCUT2D eigenvalue weighted by Crippen LogP contribution is -2.50. The van der Waals surface area contributed by atoms with Crippen molar-refractivity contribution >= 4 is 5.91 Å². The van der Waals surface area contributed by atoms with Crippen molar-refractivity contribution in [1.29, 1.82) is 0 Å². The van der Waals surface area contributed by atoms with Crippen molar-refractivity contribution in [2.45, 2.75) is 64.2 Å². The lowest BCUT2D eigenvalue weighted by molar-refractivity contribution is -0.136. The maximum Gasteiger partial charge on any atom is 0.240 e. The normalized spacial score (nSPS) is 22.5. The molecule has 1 atom stereocenters. The molecule has 4 heterocycles. The van der Waals surface area contributed by atoms with Crippen LogP contribution in [0.5, 0.6) is 0 Å². The fraction of sp³-hybridized carbons (Fsp3) is 0.545. The first kappa shape index (κ1) is 17.0. The Hall–Kier alpha value is -2.14. The molecule has 0 bridgehead atoms. The molecule has 0 radical (unpaired) electrons. The first-order valence-corrected chi connectivity index (χ1v) is 10.4. The summed E-state index contributed by atoms with van der Waals surface area (Å²) in [7, 11) is 0. The molecule has 0 spiro atoms. The van der Waals surface area contributed by atoms with E-state index in [0.717, 1.165) is 64.1 Å². The van der Waals surface area contributed by atoms with Crippen LogP contribution >= 0.6 is 0 Å². The summed E-state index contributed by atoms with van der Waals surface area (Å²) in [4.78, 5) is 17.7. The van der Waals surface area contributed by atoms with Crippen molar-refractivity contribution in [2.75, 3.05) is 13.1 Å². The number of nitrogens with zero attached hydrogens (tertiary/aromatic N) is 4. The summed E-state index contributed by atoms with van der Waals surface area (Å²) in [6, 6.07) is 10.8. The molecule has 3 aliphatic rings. The minimum atomic E-state index is -0.0586. The van der Waals surface area contributed by atoms with Gasteiger partial charge in [-0.2, -0.15) is 5.10 Å². The van der Waals surface area contributed by atoms with Crippen LogP contribution in [0.4, 0.5) is 0 Å². The average molecular weight is 364 g/mol. The molecule has 0 aliphatic carbocycles. The fourth-order valence-corrected chi connectivity index (χ4v) is 4.90. The molecule has 1 aromatic carbocycles. The van der Waals surface area contributed by atoms with Gasteiger partial charge in [0.15, 0.2) is 0 Å². The van der Waals surface area contributed by atoms with Gasteiger partial charge in [-0.05, 0) is 55.7 Å². The molecule has 5 rings (SSSR count). The molecule has 5 heteroatoms. The second-order valence-electron chi connectivity index (χ2n) is 8.23. The Bertz CT molecular complexity index is 813. The van der Waals surface area contributed by atoms with Crippen molar-refractivity contribution in [1.82, 2.24) is 19.6 Å². The van der Waals surface area contributed by atoms with Gasteiger partial charge < -0.3 is 4.90 Å². The molecular weight excluding hydrogens is 336 g/mol. The maximum absolute atomic E-state index is 13.3. The summed E-state index contributed by atoms with van der Waals surface area (Å²) in [5.41, 5.74) is 5.16. The Morgan fingerprint density at radius 1 is 1.04 bits per heavy atom. The lowest BCUT2D eigenvalue weighted by Gasteiger charge is -2.37. The molecular formula is C22H28N4O. The van der Waals surface area contributed by atoms with Crippen LogP contribution in [0.1, 0.15) is 48.2 Å². The van der Waals surface area contributed by atoms with E-state index >= 15 is 0 Å². The van der Waals surface area contributed by atoms with Gasteiger partial charge in [0.05, 0.1) is 11.7 Å². The monoisotopic (exact) mass is 364 g/mol. The minimum Gasteiger partial charge on any atom is -0.341 e. The number of fused-ring (bicyclic) bond motifs is 2. The van der Waals surface area contributed by atoms with E-state index in [9.17, 15) is 4.79 Å². The minimum absolute atomic E-state index is 0.0586. The zero-order valence-electron chi connectivity index (χ0n) is 15.9. The molecule has 1 aromatic heterocycles. The number of amides is 1. The summed E-state index contributed by atoms with van der Waals surface area (Å²) in [5, 5.41) is 4.84. The maximum atomic E-state index is 13.3. The fourth-order valence-electron chi connectivity index (χ4n) is 4.90. The van der Waals surface area contributed by atoms with Crippen molar-refractivity contribution in [2.24, 2.45) is 0 Å². The number of carbonyl (C=O) groups excluding carboxylic acids is 1. The van der Waals surface area contributed by atoms with Crippen LogP contribution in [0, 0.1) is 0 Å². The number of aromatic nitrogens is 2. The van der Waals surface area contributed by atoms with E-state index in [-0.39, 0.29) is 6.04 Å². The molecule has 1 amide bonds. The summed E-state index contributed by atoms with van der Waals surface area (Å²) < 4.78 is 2.17. The topological polar surface area (TPSA) is 41.4 Å². The summed E-state index contributed by atoms with van der Waals surface area (Å²) in [6.45, 7) is 4.47. The largest absolute Gasteiger partial charge is 0.341 e. The third kappa shape index (κ3) is 3.29. The highest BCUT2D eigenvalue weighted by Crippen LogP contribution is 2.27. The quantitative estimate of drug-likeness (QED) is 0.841. The van der Waals surface area contributed by atoms with Crippen LogP contribution in [-0.2, 0) is 37.3 Å². The number of hydrogen-bond acceptors (Lipinski definition) is 3. The first-order chi connectivity index (χ1) is 13.3. The third-order valence-corrected chi connectivity index (χ3v) is 6.38. The van der Waals surface area contributed by atoms with Gasteiger partial charge in [-0.15, -0.1) is 0 Å². The Morgan fingerprint density at radius 2 is 1.81 bits per heavy atom. The van der Waals surface area contributed by atoms with Crippen LogP contribution in [0.25, 0.3) is 0 Å². The van der Waals surface area contributed by atoms with E-state index in [1.807, 2.05) is 0 Å². The van der Waals surface area contributed by atoms with Crippen molar-refractivity contribution in [3.8, 4) is 0 Å². The molecule has 1 saturated heterocycles. The van der Waals surface area contributed by atoms with Gasteiger partial charge in [-0.1, -0.05) is 24.3 Å². The highest BCUT2D eigenvalue weighted by Gasteiger charge is 2.35. The van der Waals surface area contributed by atoms with Crippen molar-refractivity contribution in [3.05, 3.63) is 52.8 Å². The summed E-state index contributed by atoms with van der Waals surface area (Å²) in [6.07, 6.45) is 6.72. The standard InChI is InChI=1S/C22H28N4O/c27-22(24-10-5-6-11-24)21-13-17-7-1-2-8-18(17)15-25(21)16-19-14-20-9-3-4-12-26(20)23-19/h1-2,7-8,14,21H,3-6,9-13,15-16H2. The van der Waals surface area contributed by atoms with Crippen molar-refractivity contribution < 1.29 is 4.79 Å². The van der Waals surface area contributed by atoms with E-state index < -0.39 is 0 Å². The van der Waals surface area contributed by atoms with E-state index in [1.54, 1.807) is 0 Å². The van der Waals surface area contributed by atoms with Gasteiger partial charge in [0.25, 0.3) is 0 Å². The van der Waals surface area contributed by atoms with Gasteiger partial charge in [0.1, 0.15) is 0 Å². The Kier molecular flexibility index (Phi) is 4.48. The Balaban J connectivity index is 1.41. The van der Waals surface area contributed by atoms with E-state index in [1.165, 1.54) is 29.7 Å². The van der Waals surface area contributed by atoms with Crippen LogP contribution in [0.3, 0.4) is 0 Å². The molecule has 1 fully saturated rings. The number of benzene rings is 1. The third-order valence-electron chi connectivity index (χ3n) is 6.38. The molecule has 5 nitrogen and oxygen atoms in total. The van der Waals surface area contributed by atoms with Gasteiger partial charge in [0, 0.05) is 38.4 Å². The average Bonchev–Trinajstić information content (AvgIpc) is 3.36. The summed E-state index contributed by atoms with van der Waals surface area (Å²) >= 11 is 0. The molecule has 0 N–H and O–H groups in total. The predicted molar refractivity (Wildman–Crippen MR) is 104 cm³/mol. The molecule has 1 unspecified atom stereocenters. The predicted octanol–water partition coefficient (Wildman–Crippen LogP) is 2.77. The number of likely N-dealkylation sites (tertiary alicyclic amines) is 1. The summed E-state index contributed by atoms with van der Waals surface area (Å²) in [5.74, 6) is 0.311. The highest BCUT2D eigenvalue weighted by atomic mass is 16.2. The number of aryl methyl sites for hydroxylation is 2. The zero-order valence-corrected chi connectivity index (χ0v) is 15.9. The molecule has 142 valence electrons. The van der Waals surface area contributed by atoms with Gasteiger partial charge in [-0.25, -0.2) is 0 Å². The second kappa shape index (κ2) is 7.12. The number of rotatable bonds is 3. The molecule has 0 saturated carbocycles. The first-order valence-electron chi connectivity index (χ1n) is 10.4. The van der Waals surface area contributed by atoms with E-state index in [4.69, 9.17) is 5.10 Å². The zero-order chi connectivity index (χ0) is 18.2. The molecule has 3 aliphatic heterocycles. The van der Waals surface area contributed by atoms with Crippen LogP contribution in [-0.4, -0.2) is 44.6 Å². The SMILES string of the molecule is O=C(C1Cc2ccccc2CN1Cc1cc2n(n1)CCCC2)N1CCCC1. The van der Waals surface area contributed by atoms with E-state index in [0.29, 0.717) is 5.91 Å². The second-order valence-corrected chi connectivity index (χ2v) is 8.23. The van der Waals surface area contributed by atoms with Crippen LogP contribution < -0.4 is 0 Å². The van der Waals surface area contributed by atoms with Gasteiger partial charge in [0.2, 0.25) is 5.91 Å². The van der Waals surface area contributed by atoms with E-state index in [2.05, 4.69) is 44.8 Å². The van der Waals surface area contributed by atoms with Gasteiger partial charge in [-0.3, -0.25) is 14.4 Å². The molecule has 2 aromatic rings. The van der Waals surface area contributed by atoms with Gasteiger partial charge >= 0.3 is 0 Å². The Labute approximate surface area is 161 Å². The molecule has 27 heavy (non-hydrogen) atoms.